The van der Waals surface area contributed by atoms with E-state index in [4.69, 9.17) is 0 Å². The number of carbonyl (C=O) groups is 1. The van der Waals surface area contributed by atoms with Crippen LogP contribution < -0.4 is 5.32 Å². The first-order valence-corrected chi connectivity index (χ1v) is 9.75. The summed E-state index contributed by atoms with van der Waals surface area (Å²) < 4.78 is 0. The van der Waals surface area contributed by atoms with E-state index in [1.807, 2.05) is 17.8 Å². The zero-order valence-electron chi connectivity index (χ0n) is 14.2. The number of rotatable bonds is 5. The third kappa shape index (κ3) is 3.29. The second-order valence-corrected chi connectivity index (χ2v) is 7.74. The van der Waals surface area contributed by atoms with Crippen LogP contribution in [0.15, 0.2) is 47.4 Å². The Bertz CT molecular complexity index is 897. The van der Waals surface area contributed by atoms with Crippen LogP contribution in [0, 0.1) is 5.92 Å². The summed E-state index contributed by atoms with van der Waals surface area (Å²) in [5, 5.41) is 11.2. The summed E-state index contributed by atoms with van der Waals surface area (Å²) in [7, 11) is 0. The van der Waals surface area contributed by atoms with Crippen molar-refractivity contribution in [2.24, 2.45) is 5.92 Å². The van der Waals surface area contributed by atoms with Crippen molar-refractivity contribution in [2.45, 2.75) is 31.1 Å². The van der Waals surface area contributed by atoms with Gasteiger partial charge in [0.05, 0.1) is 5.52 Å². The van der Waals surface area contributed by atoms with Crippen LogP contribution in [0.5, 0.6) is 0 Å². The number of fused-ring (bicyclic) bond motifs is 1. The molecule has 1 aliphatic rings. The highest BCUT2D eigenvalue weighted by Crippen LogP contribution is 2.31. The lowest BCUT2D eigenvalue weighted by atomic mass is 9.85. The lowest BCUT2D eigenvalue weighted by molar-refractivity contribution is -0.122. The molecule has 4 rings (SSSR count). The Morgan fingerprint density at radius 2 is 1.96 bits per heavy atom. The van der Waals surface area contributed by atoms with Gasteiger partial charge >= 0.3 is 0 Å². The predicted octanol–water partition coefficient (Wildman–Crippen LogP) is 5.08. The van der Waals surface area contributed by atoms with Crippen LogP contribution in [0.1, 0.15) is 26.2 Å². The first-order valence-electron chi connectivity index (χ1n) is 8.77. The van der Waals surface area contributed by atoms with Gasteiger partial charge in [-0.15, -0.1) is 11.8 Å². The third-order valence-corrected chi connectivity index (χ3v) is 5.67. The minimum atomic E-state index is 0.0905. The van der Waals surface area contributed by atoms with Crippen LogP contribution in [-0.4, -0.2) is 21.9 Å². The molecule has 128 valence electrons. The van der Waals surface area contributed by atoms with E-state index in [0.29, 0.717) is 5.82 Å². The molecule has 2 aromatic carbocycles. The van der Waals surface area contributed by atoms with E-state index in [2.05, 4.69) is 58.8 Å². The largest absolute Gasteiger partial charge is 0.308 e. The van der Waals surface area contributed by atoms with Gasteiger partial charge in [-0.25, -0.2) is 0 Å². The van der Waals surface area contributed by atoms with E-state index in [9.17, 15) is 4.79 Å². The molecule has 0 unspecified atom stereocenters. The Morgan fingerprint density at radius 1 is 1.20 bits per heavy atom. The van der Waals surface area contributed by atoms with Crippen LogP contribution in [0.25, 0.3) is 22.0 Å². The second-order valence-electron chi connectivity index (χ2n) is 6.41. The van der Waals surface area contributed by atoms with E-state index >= 15 is 0 Å². The van der Waals surface area contributed by atoms with Gasteiger partial charge in [0.2, 0.25) is 5.91 Å². The number of nitrogens with zero attached hydrogens (tertiary/aromatic N) is 1. The zero-order chi connectivity index (χ0) is 17.2. The lowest BCUT2D eigenvalue weighted by Gasteiger charge is -2.23. The van der Waals surface area contributed by atoms with E-state index in [1.54, 1.807) is 0 Å². The maximum atomic E-state index is 12.1. The SMILES string of the molecule is CCSc1ccc(-c2ccc3c(NC(=O)C4CCC4)n[nH]c3c2)cc1. The fourth-order valence-electron chi connectivity index (χ4n) is 3.09. The van der Waals surface area contributed by atoms with Crippen molar-refractivity contribution in [2.75, 3.05) is 11.1 Å². The van der Waals surface area contributed by atoms with Crippen LogP contribution in [-0.2, 0) is 4.79 Å². The van der Waals surface area contributed by atoms with Crippen molar-refractivity contribution in [3.8, 4) is 11.1 Å². The number of benzene rings is 2. The van der Waals surface area contributed by atoms with Crippen molar-refractivity contribution >= 4 is 34.4 Å². The van der Waals surface area contributed by atoms with E-state index in [0.717, 1.165) is 41.5 Å². The number of nitrogens with one attached hydrogen (secondary N) is 2. The van der Waals surface area contributed by atoms with E-state index < -0.39 is 0 Å². The Kier molecular flexibility index (Phi) is 4.49. The average molecular weight is 351 g/mol. The summed E-state index contributed by atoms with van der Waals surface area (Å²) in [6, 6.07) is 14.8. The van der Waals surface area contributed by atoms with Crippen molar-refractivity contribution in [1.82, 2.24) is 10.2 Å². The number of aromatic amines is 1. The summed E-state index contributed by atoms with van der Waals surface area (Å²) in [6.07, 6.45) is 3.13. The number of thioether (sulfide) groups is 1. The van der Waals surface area contributed by atoms with Crippen molar-refractivity contribution < 1.29 is 4.79 Å². The molecular weight excluding hydrogens is 330 g/mol. The predicted molar refractivity (Wildman–Crippen MR) is 104 cm³/mol. The number of hydrogen-bond acceptors (Lipinski definition) is 3. The van der Waals surface area contributed by atoms with Gasteiger partial charge in [0.1, 0.15) is 0 Å². The molecule has 25 heavy (non-hydrogen) atoms. The fourth-order valence-corrected chi connectivity index (χ4v) is 3.76. The summed E-state index contributed by atoms with van der Waals surface area (Å²) in [5.74, 6) is 1.96. The van der Waals surface area contributed by atoms with Gasteiger partial charge < -0.3 is 5.32 Å². The highest BCUT2D eigenvalue weighted by atomic mass is 32.2. The molecule has 4 nitrogen and oxygen atoms in total. The van der Waals surface area contributed by atoms with Gasteiger partial charge in [-0.05, 0) is 54.0 Å². The monoisotopic (exact) mass is 351 g/mol. The maximum absolute atomic E-state index is 12.1. The molecule has 0 atom stereocenters. The van der Waals surface area contributed by atoms with E-state index in [1.165, 1.54) is 10.5 Å². The van der Waals surface area contributed by atoms with Gasteiger partial charge in [-0.3, -0.25) is 9.89 Å². The molecule has 2 N–H and O–H groups in total. The van der Waals surface area contributed by atoms with Gasteiger partial charge in [0.25, 0.3) is 0 Å². The standard InChI is InChI=1S/C20H21N3OS/c1-2-25-16-9-6-13(7-10-16)15-8-11-17-18(12-15)22-23-19(17)21-20(24)14-4-3-5-14/h6-12,14H,2-5H2,1H3,(H2,21,22,23,24). The van der Waals surface area contributed by atoms with Gasteiger partial charge in [0.15, 0.2) is 5.82 Å². The molecular formula is C20H21N3OS. The Labute approximate surface area is 151 Å². The molecule has 0 spiro atoms. The van der Waals surface area contributed by atoms with Gasteiger partial charge in [0, 0.05) is 16.2 Å². The van der Waals surface area contributed by atoms with Crippen molar-refractivity contribution in [3.63, 3.8) is 0 Å². The van der Waals surface area contributed by atoms with Crippen LogP contribution in [0.2, 0.25) is 0 Å². The van der Waals surface area contributed by atoms with Crippen molar-refractivity contribution in [1.29, 1.82) is 0 Å². The second kappa shape index (κ2) is 6.92. The molecule has 5 heteroatoms. The fraction of sp³-hybridized carbons (Fsp3) is 0.300. The zero-order valence-corrected chi connectivity index (χ0v) is 15.0. The summed E-state index contributed by atoms with van der Waals surface area (Å²) >= 11 is 1.84. The minimum absolute atomic E-state index is 0.0905. The summed E-state index contributed by atoms with van der Waals surface area (Å²) in [4.78, 5) is 13.4. The molecule has 1 aromatic heterocycles. The Morgan fingerprint density at radius 3 is 2.64 bits per heavy atom. The topological polar surface area (TPSA) is 57.8 Å². The Hall–Kier alpha value is -2.27. The maximum Gasteiger partial charge on any atom is 0.228 e. The molecule has 0 saturated heterocycles. The van der Waals surface area contributed by atoms with Crippen LogP contribution >= 0.6 is 11.8 Å². The number of aromatic nitrogens is 2. The molecule has 1 aliphatic carbocycles. The molecule has 1 amide bonds. The quantitative estimate of drug-likeness (QED) is 0.630. The van der Waals surface area contributed by atoms with Crippen molar-refractivity contribution in [3.05, 3.63) is 42.5 Å². The van der Waals surface area contributed by atoms with Gasteiger partial charge in [-0.1, -0.05) is 31.5 Å². The smallest absolute Gasteiger partial charge is 0.228 e. The molecule has 0 bridgehead atoms. The Balaban J connectivity index is 1.57. The molecule has 0 aliphatic heterocycles. The highest BCUT2D eigenvalue weighted by molar-refractivity contribution is 7.99. The molecule has 0 radical (unpaired) electrons. The number of anilines is 1. The van der Waals surface area contributed by atoms with Gasteiger partial charge in [-0.2, -0.15) is 5.10 Å². The number of hydrogen-bond donors (Lipinski definition) is 2. The molecule has 1 heterocycles. The molecule has 1 saturated carbocycles. The highest BCUT2D eigenvalue weighted by Gasteiger charge is 2.26. The molecule has 1 fully saturated rings. The first-order chi connectivity index (χ1) is 12.2. The number of H-pyrrole nitrogens is 1. The minimum Gasteiger partial charge on any atom is -0.308 e. The number of amides is 1. The van der Waals surface area contributed by atoms with E-state index in [-0.39, 0.29) is 11.8 Å². The van der Waals surface area contributed by atoms with Crippen LogP contribution in [0.4, 0.5) is 5.82 Å². The third-order valence-electron chi connectivity index (χ3n) is 4.78. The molecule has 3 aromatic rings. The number of carbonyl (C=O) groups excluding carboxylic acids is 1. The van der Waals surface area contributed by atoms with Crippen LogP contribution in [0.3, 0.4) is 0 Å². The summed E-state index contributed by atoms with van der Waals surface area (Å²) in [5.41, 5.74) is 3.26. The normalized spacial score (nSPS) is 14.4. The average Bonchev–Trinajstić information content (AvgIpc) is 2.96. The first kappa shape index (κ1) is 16.2. The lowest BCUT2D eigenvalue weighted by Crippen LogP contribution is -2.28. The summed E-state index contributed by atoms with van der Waals surface area (Å²) in [6.45, 7) is 2.16.